The van der Waals surface area contributed by atoms with Crippen molar-refractivity contribution >= 4 is 62.0 Å². The Balaban J connectivity index is 1.38. The van der Waals surface area contributed by atoms with Crippen molar-refractivity contribution < 1.29 is 14.8 Å². The number of nitrogens with one attached hydrogen (secondary N) is 2. The number of hydrogen-bond acceptors (Lipinski definition) is 9. The first-order valence-corrected chi connectivity index (χ1v) is 13.0. The number of nitro benzene ring substituents is 1. The summed E-state index contributed by atoms with van der Waals surface area (Å²) < 4.78 is 2.25. The summed E-state index contributed by atoms with van der Waals surface area (Å²) in [7, 11) is 0. The van der Waals surface area contributed by atoms with E-state index in [0.717, 1.165) is 22.7 Å². The van der Waals surface area contributed by atoms with Crippen LogP contribution >= 0.6 is 27.7 Å². The first kappa shape index (κ1) is 26.8. The largest absolute Gasteiger partial charge is 0.502 e. The van der Waals surface area contributed by atoms with Crippen molar-refractivity contribution in [2.45, 2.75) is 18.2 Å². The van der Waals surface area contributed by atoms with Gasteiger partial charge in [0.15, 0.2) is 11.0 Å². The summed E-state index contributed by atoms with van der Waals surface area (Å²) in [6.45, 7) is 4.69. The molecule has 0 atom stereocenters. The van der Waals surface area contributed by atoms with Crippen LogP contribution in [0.25, 0.3) is 10.8 Å². The maximum Gasteiger partial charge on any atom is 0.312 e. The zero-order valence-corrected chi connectivity index (χ0v) is 22.3. The Labute approximate surface area is 229 Å². The lowest BCUT2D eigenvalue weighted by atomic mass is 10.1. The van der Waals surface area contributed by atoms with Crippen LogP contribution < -0.4 is 10.7 Å². The Morgan fingerprint density at radius 3 is 2.82 bits per heavy atom. The Kier molecular flexibility index (Phi) is 8.71. The third kappa shape index (κ3) is 6.36. The molecular formula is C25H22BrN7O4S. The number of allylic oxidation sites excluding steroid dienone is 1. The van der Waals surface area contributed by atoms with Crippen molar-refractivity contribution in [2.75, 3.05) is 11.1 Å². The molecule has 0 aliphatic heterocycles. The van der Waals surface area contributed by atoms with Gasteiger partial charge in [-0.05, 0) is 17.5 Å². The Hall–Kier alpha value is -4.23. The average molecular weight is 596 g/mol. The molecule has 0 radical (unpaired) electrons. The lowest BCUT2D eigenvalue weighted by Crippen LogP contribution is -2.20. The van der Waals surface area contributed by atoms with Crippen molar-refractivity contribution in [2.24, 2.45) is 5.10 Å². The third-order valence-corrected chi connectivity index (χ3v) is 6.76. The molecule has 4 rings (SSSR count). The van der Waals surface area contributed by atoms with Gasteiger partial charge in [-0.15, -0.1) is 16.8 Å². The highest BCUT2D eigenvalue weighted by Gasteiger charge is 2.18. The van der Waals surface area contributed by atoms with Gasteiger partial charge in [-0.2, -0.15) is 5.10 Å². The van der Waals surface area contributed by atoms with Gasteiger partial charge in [0, 0.05) is 33.7 Å². The van der Waals surface area contributed by atoms with Crippen LogP contribution in [0.5, 0.6) is 5.75 Å². The molecule has 1 amide bonds. The summed E-state index contributed by atoms with van der Waals surface area (Å²) in [5, 5.41) is 39.6. The lowest BCUT2D eigenvalue weighted by Gasteiger charge is -2.11. The predicted molar refractivity (Wildman–Crippen MR) is 150 cm³/mol. The minimum atomic E-state index is -0.710. The van der Waals surface area contributed by atoms with E-state index < -0.39 is 22.3 Å². The van der Waals surface area contributed by atoms with Gasteiger partial charge in [-0.25, -0.2) is 5.43 Å². The molecule has 0 saturated carbocycles. The van der Waals surface area contributed by atoms with Crippen molar-refractivity contribution in [3.05, 3.63) is 93.2 Å². The van der Waals surface area contributed by atoms with E-state index in [4.69, 9.17) is 0 Å². The number of halogens is 1. The summed E-state index contributed by atoms with van der Waals surface area (Å²) >= 11 is 4.33. The minimum absolute atomic E-state index is 0.00597. The Bertz CT molecular complexity index is 1530. The van der Waals surface area contributed by atoms with Crippen molar-refractivity contribution in [3.63, 3.8) is 0 Å². The van der Waals surface area contributed by atoms with Crippen LogP contribution in [-0.4, -0.2) is 42.7 Å². The van der Waals surface area contributed by atoms with Crippen LogP contribution in [0.15, 0.2) is 82.0 Å². The van der Waals surface area contributed by atoms with E-state index in [1.54, 1.807) is 6.08 Å². The molecule has 4 aromatic rings. The Morgan fingerprint density at radius 1 is 1.24 bits per heavy atom. The van der Waals surface area contributed by atoms with Crippen molar-refractivity contribution in [1.82, 2.24) is 20.2 Å². The molecule has 0 fully saturated rings. The second-order valence-corrected chi connectivity index (χ2v) is 9.74. The molecule has 38 heavy (non-hydrogen) atoms. The number of phenols is 1. The molecule has 11 nitrogen and oxygen atoms in total. The highest BCUT2D eigenvalue weighted by molar-refractivity contribution is 9.10. The van der Waals surface area contributed by atoms with Crippen LogP contribution in [-0.2, 0) is 17.9 Å². The summed E-state index contributed by atoms with van der Waals surface area (Å²) in [6, 6.07) is 16.7. The van der Waals surface area contributed by atoms with E-state index in [0.29, 0.717) is 28.5 Å². The molecule has 1 aromatic heterocycles. The number of nitro groups is 1. The number of hydrogen-bond donors (Lipinski definition) is 3. The number of phenolic OH excluding ortho intramolecular Hbond substituents is 1. The second-order valence-electron chi connectivity index (χ2n) is 7.88. The topological polar surface area (TPSA) is 148 Å². The van der Waals surface area contributed by atoms with Gasteiger partial charge >= 0.3 is 5.69 Å². The van der Waals surface area contributed by atoms with Crippen LogP contribution in [0, 0.1) is 10.1 Å². The van der Waals surface area contributed by atoms with E-state index in [-0.39, 0.29) is 11.3 Å². The fourth-order valence-corrected chi connectivity index (χ4v) is 4.82. The molecule has 3 aromatic carbocycles. The van der Waals surface area contributed by atoms with Gasteiger partial charge in [0.25, 0.3) is 5.91 Å². The number of benzene rings is 3. The molecule has 0 saturated heterocycles. The number of aromatic hydroxyl groups is 1. The first-order valence-electron chi connectivity index (χ1n) is 11.2. The van der Waals surface area contributed by atoms with Crippen LogP contribution in [0.3, 0.4) is 0 Å². The van der Waals surface area contributed by atoms with Crippen molar-refractivity contribution in [3.8, 4) is 5.75 Å². The highest BCUT2D eigenvalue weighted by Crippen LogP contribution is 2.32. The number of rotatable bonds is 11. The number of anilines is 1. The molecule has 13 heteroatoms. The summed E-state index contributed by atoms with van der Waals surface area (Å²) in [5.41, 5.74) is 2.92. The Morgan fingerprint density at radius 2 is 2.03 bits per heavy atom. The normalized spacial score (nSPS) is 11.1. The van der Waals surface area contributed by atoms with E-state index >= 15 is 0 Å². The molecule has 1 heterocycles. The molecule has 0 bridgehead atoms. The highest BCUT2D eigenvalue weighted by atomic mass is 79.9. The number of carbonyl (C=O) groups is 1. The number of nitrogens with zero attached hydrogens (tertiary/aromatic N) is 5. The van der Waals surface area contributed by atoms with E-state index in [2.05, 4.69) is 60.7 Å². The number of hydrazone groups is 1. The molecule has 194 valence electrons. The van der Waals surface area contributed by atoms with Gasteiger partial charge in [0.2, 0.25) is 5.75 Å². The number of fused-ring (bicyclic) bond motifs is 1. The van der Waals surface area contributed by atoms with E-state index in [1.165, 1.54) is 23.9 Å². The zero-order chi connectivity index (χ0) is 27.1. The molecular weight excluding hydrogens is 574 g/mol. The minimum Gasteiger partial charge on any atom is -0.502 e. The number of amides is 1. The van der Waals surface area contributed by atoms with Crippen LogP contribution in [0.4, 0.5) is 11.4 Å². The average Bonchev–Trinajstić information content (AvgIpc) is 3.29. The summed E-state index contributed by atoms with van der Waals surface area (Å²) in [6.07, 6.45) is 2.86. The lowest BCUT2D eigenvalue weighted by molar-refractivity contribution is -0.385. The van der Waals surface area contributed by atoms with Gasteiger partial charge < -0.3 is 15.0 Å². The van der Waals surface area contributed by atoms with Gasteiger partial charge in [0.1, 0.15) is 0 Å². The van der Waals surface area contributed by atoms with E-state index in [1.807, 2.05) is 34.9 Å². The number of carbonyl (C=O) groups excluding carboxylic acids is 1. The maximum atomic E-state index is 12.3. The zero-order valence-electron chi connectivity index (χ0n) is 19.9. The van der Waals surface area contributed by atoms with Gasteiger partial charge in [-0.3, -0.25) is 14.9 Å². The SMILES string of the molecule is C=CCn1c(CNc2cccc3ccccc23)nnc1SCC(=O)N/N=C\c1cc(Br)cc([N+](=O)[O-])c1O. The standard InChI is InChI=1S/C25H22BrN7O4S/c1-2-10-32-22(14-27-20-9-5-7-16-6-3-4-8-19(16)20)29-31-25(32)38-15-23(34)30-28-13-17-11-18(26)12-21(24(17)35)33(36)37/h2-9,11-13,27,35H,1,10,14-15H2,(H,30,34)/b28-13-. The van der Waals surface area contributed by atoms with E-state index in [9.17, 15) is 20.0 Å². The fraction of sp³-hybridized carbons (Fsp3) is 0.120. The summed E-state index contributed by atoms with van der Waals surface area (Å²) in [4.78, 5) is 22.7. The van der Waals surface area contributed by atoms with Crippen molar-refractivity contribution in [1.29, 1.82) is 0 Å². The van der Waals surface area contributed by atoms with Gasteiger partial charge in [-0.1, -0.05) is 70.2 Å². The first-order chi connectivity index (χ1) is 18.4. The second kappa shape index (κ2) is 12.3. The van der Waals surface area contributed by atoms with Crippen LogP contribution in [0.1, 0.15) is 11.4 Å². The summed E-state index contributed by atoms with van der Waals surface area (Å²) in [5.74, 6) is -0.300. The fourth-order valence-electron chi connectivity index (χ4n) is 3.60. The predicted octanol–water partition coefficient (Wildman–Crippen LogP) is 4.85. The molecule has 0 spiro atoms. The number of aromatic nitrogens is 3. The monoisotopic (exact) mass is 595 g/mol. The third-order valence-electron chi connectivity index (χ3n) is 5.34. The van der Waals surface area contributed by atoms with Crippen LogP contribution in [0.2, 0.25) is 0 Å². The van der Waals surface area contributed by atoms with Gasteiger partial charge in [0.05, 0.1) is 23.4 Å². The smallest absolute Gasteiger partial charge is 0.312 e. The molecule has 0 aliphatic rings. The maximum absolute atomic E-state index is 12.3. The molecule has 0 aliphatic carbocycles. The molecule has 3 N–H and O–H groups in total. The molecule has 0 unspecified atom stereocenters. The number of thioether (sulfide) groups is 1. The quantitative estimate of drug-likeness (QED) is 0.0732.